The van der Waals surface area contributed by atoms with Crippen LogP contribution in [-0.4, -0.2) is 19.3 Å². The third-order valence-electron chi connectivity index (χ3n) is 2.13. The Morgan fingerprint density at radius 2 is 2.27 bits per heavy atom. The number of terminal acetylenes is 1. The standard InChI is InChI=1S/C9H15NO/c1-2-3-4-11-9-5-8(6-9)7-10/h1,8-9H,3-7,10H2. The molecule has 1 aliphatic rings. The van der Waals surface area contributed by atoms with Crippen LogP contribution in [0.3, 0.4) is 0 Å². The van der Waals surface area contributed by atoms with Crippen LogP contribution in [0, 0.1) is 18.3 Å². The van der Waals surface area contributed by atoms with Crippen molar-refractivity contribution in [2.24, 2.45) is 11.7 Å². The SMILES string of the molecule is C#CCCOC1CC(CN)C1. The van der Waals surface area contributed by atoms with E-state index in [1.54, 1.807) is 0 Å². The average Bonchev–Trinajstić information content (AvgIpc) is 1.94. The number of nitrogens with two attached hydrogens (primary N) is 1. The van der Waals surface area contributed by atoms with Gasteiger partial charge in [-0.2, -0.15) is 0 Å². The van der Waals surface area contributed by atoms with E-state index in [0.717, 1.165) is 25.8 Å². The van der Waals surface area contributed by atoms with Gasteiger partial charge in [-0.3, -0.25) is 0 Å². The Hall–Kier alpha value is -0.520. The molecule has 2 heteroatoms. The lowest BCUT2D eigenvalue weighted by atomic mass is 9.82. The molecular weight excluding hydrogens is 138 g/mol. The zero-order valence-corrected chi connectivity index (χ0v) is 6.75. The molecule has 0 aliphatic heterocycles. The van der Waals surface area contributed by atoms with Gasteiger partial charge in [0.1, 0.15) is 0 Å². The molecule has 62 valence electrons. The zero-order valence-electron chi connectivity index (χ0n) is 6.75. The maximum Gasteiger partial charge on any atom is 0.0581 e. The molecule has 2 nitrogen and oxygen atoms in total. The van der Waals surface area contributed by atoms with Crippen molar-refractivity contribution in [3.05, 3.63) is 0 Å². The summed E-state index contributed by atoms with van der Waals surface area (Å²) in [5.41, 5.74) is 5.46. The lowest BCUT2D eigenvalue weighted by Crippen LogP contribution is -2.35. The van der Waals surface area contributed by atoms with E-state index in [2.05, 4.69) is 5.92 Å². The lowest BCUT2D eigenvalue weighted by molar-refractivity contribution is -0.0251. The Morgan fingerprint density at radius 3 is 2.82 bits per heavy atom. The summed E-state index contributed by atoms with van der Waals surface area (Å²) in [7, 11) is 0. The van der Waals surface area contributed by atoms with E-state index >= 15 is 0 Å². The monoisotopic (exact) mass is 153 g/mol. The minimum atomic E-state index is 0.442. The molecule has 11 heavy (non-hydrogen) atoms. The van der Waals surface area contributed by atoms with Crippen LogP contribution in [-0.2, 0) is 4.74 Å². The predicted molar refractivity (Wildman–Crippen MR) is 45.0 cm³/mol. The molecule has 0 saturated heterocycles. The van der Waals surface area contributed by atoms with Crippen LogP contribution in [0.15, 0.2) is 0 Å². The van der Waals surface area contributed by atoms with E-state index < -0.39 is 0 Å². The van der Waals surface area contributed by atoms with Crippen LogP contribution < -0.4 is 5.73 Å². The van der Waals surface area contributed by atoms with Gasteiger partial charge in [-0.05, 0) is 25.3 Å². The Morgan fingerprint density at radius 1 is 1.55 bits per heavy atom. The second-order valence-electron chi connectivity index (χ2n) is 3.02. The number of ether oxygens (including phenoxy) is 1. The van der Waals surface area contributed by atoms with Crippen LogP contribution in [0.5, 0.6) is 0 Å². The first-order chi connectivity index (χ1) is 5.36. The Labute approximate surface area is 68.1 Å². The first-order valence-corrected chi connectivity index (χ1v) is 4.12. The van der Waals surface area contributed by atoms with Gasteiger partial charge in [0.15, 0.2) is 0 Å². The fourth-order valence-electron chi connectivity index (χ4n) is 1.29. The summed E-state index contributed by atoms with van der Waals surface area (Å²) >= 11 is 0. The second kappa shape index (κ2) is 4.38. The van der Waals surface area contributed by atoms with Crippen LogP contribution in [0.1, 0.15) is 19.3 Å². The van der Waals surface area contributed by atoms with Gasteiger partial charge in [-0.15, -0.1) is 12.3 Å². The molecule has 0 bridgehead atoms. The molecule has 0 spiro atoms. The molecule has 0 radical (unpaired) electrons. The summed E-state index contributed by atoms with van der Waals surface area (Å²) in [5.74, 6) is 3.25. The molecule has 0 aromatic carbocycles. The molecule has 0 unspecified atom stereocenters. The second-order valence-corrected chi connectivity index (χ2v) is 3.02. The molecule has 0 amide bonds. The molecule has 1 saturated carbocycles. The summed E-state index contributed by atoms with van der Waals surface area (Å²) in [6, 6.07) is 0. The van der Waals surface area contributed by atoms with Crippen molar-refractivity contribution < 1.29 is 4.74 Å². The highest BCUT2D eigenvalue weighted by molar-refractivity contribution is 4.84. The first kappa shape index (κ1) is 8.58. The molecule has 1 aliphatic carbocycles. The topological polar surface area (TPSA) is 35.2 Å². The van der Waals surface area contributed by atoms with Gasteiger partial charge in [0.2, 0.25) is 0 Å². The summed E-state index contributed by atoms with van der Waals surface area (Å²) in [6.07, 6.45) is 8.50. The van der Waals surface area contributed by atoms with E-state index in [4.69, 9.17) is 16.9 Å². The molecule has 0 atom stereocenters. The quantitative estimate of drug-likeness (QED) is 0.478. The normalized spacial score (nSPS) is 29.1. The van der Waals surface area contributed by atoms with E-state index in [1.807, 2.05) is 0 Å². The van der Waals surface area contributed by atoms with E-state index in [0.29, 0.717) is 18.6 Å². The van der Waals surface area contributed by atoms with E-state index in [9.17, 15) is 0 Å². The summed E-state index contributed by atoms with van der Waals surface area (Å²) in [5, 5.41) is 0. The van der Waals surface area contributed by atoms with Gasteiger partial charge in [-0.25, -0.2) is 0 Å². The summed E-state index contributed by atoms with van der Waals surface area (Å²) in [4.78, 5) is 0. The molecule has 2 N–H and O–H groups in total. The Kier molecular flexibility index (Phi) is 3.41. The van der Waals surface area contributed by atoms with Crippen molar-refractivity contribution >= 4 is 0 Å². The largest absolute Gasteiger partial charge is 0.377 e. The van der Waals surface area contributed by atoms with Crippen LogP contribution in [0.4, 0.5) is 0 Å². The van der Waals surface area contributed by atoms with Crippen molar-refractivity contribution in [1.29, 1.82) is 0 Å². The minimum absolute atomic E-state index is 0.442. The Balaban J connectivity index is 1.93. The molecule has 0 aromatic rings. The zero-order chi connectivity index (χ0) is 8.10. The fourth-order valence-corrected chi connectivity index (χ4v) is 1.29. The van der Waals surface area contributed by atoms with Crippen molar-refractivity contribution in [1.82, 2.24) is 0 Å². The van der Waals surface area contributed by atoms with Gasteiger partial charge >= 0.3 is 0 Å². The third kappa shape index (κ3) is 2.53. The smallest absolute Gasteiger partial charge is 0.0581 e. The molecular formula is C9H15NO. The number of rotatable bonds is 4. The number of hydrogen-bond donors (Lipinski definition) is 1. The molecule has 0 heterocycles. The lowest BCUT2D eigenvalue weighted by Gasteiger charge is -2.34. The first-order valence-electron chi connectivity index (χ1n) is 4.12. The van der Waals surface area contributed by atoms with Gasteiger partial charge in [0.25, 0.3) is 0 Å². The van der Waals surface area contributed by atoms with E-state index in [-0.39, 0.29) is 0 Å². The van der Waals surface area contributed by atoms with Crippen molar-refractivity contribution in [3.63, 3.8) is 0 Å². The average molecular weight is 153 g/mol. The highest BCUT2D eigenvalue weighted by atomic mass is 16.5. The Bertz CT molecular complexity index is 144. The molecule has 1 fully saturated rings. The maximum absolute atomic E-state index is 5.46. The van der Waals surface area contributed by atoms with Crippen LogP contribution in [0.25, 0.3) is 0 Å². The van der Waals surface area contributed by atoms with E-state index in [1.165, 1.54) is 0 Å². The van der Waals surface area contributed by atoms with Crippen molar-refractivity contribution in [2.45, 2.75) is 25.4 Å². The van der Waals surface area contributed by atoms with Gasteiger partial charge in [0, 0.05) is 6.42 Å². The third-order valence-corrected chi connectivity index (χ3v) is 2.13. The predicted octanol–water partition coefficient (Wildman–Crippen LogP) is 0.764. The molecule has 0 aromatic heterocycles. The minimum Gasteiger partial charge on any atom is -0.377 e. The van der Waals surface area contributed by atoms with Gasteiger partial charge < -0.3 is 10.5 Å². The van der Waals surface area contributed by atoms with Crippen molar-refractivity contribution in [2.75, 3.05) is 13.2 Å². The number of hydrogen-bond acceptors (Lipinski definition) is 2. The maximum atomic E-state index is 5.46. The molecule has 1 rings (SSSR count). The highest BCUT2D eigenvalue weighted by Gasteiger charge is 2.27. The van der Waals surface area contributed by atoms with Gasteiger partial charge in [-0.1, -0.05) is 0 Å². The highest BCUT2D eigenvalue weighted by Crippen LogP contribution is 2.28. The summed E-state index contributed by atoms with van der Waals surface area (Å²) < 4.78 is 5.45. The van der Waals surface area contributed by atoms with Gasteiger partial charge in [0.05, 0.1) is 12.7 Å². The fraction of sp³-hybridized carbons (Fsp3) is 0.778. The van der Waals surface area contributed by atoms with Crippen LogP contribution in [0.2, 0.25) is 0 Å². The summed E-state index contributed by atoms with van der Waals surface area (Å²) in [6.45, 7) is 1.51. The van der Waals surface area contributed by atoms with Crippen LogP contribution >= 0.6 is 0 Å². The van der Waals surface area contributed by atoms with Crippen molar-refractivity contribution in [3.8, 4) is 12.3 Å².